The number of amides is 6. The first-order chi connectivity index (χ1) is 55.1. The van der Waals surface area contributed by atoms with Crippen LogP contribution in [0.25, 0.3) is 44.6 Å². The molecule has 30 nitrogen and oxygen atoms in total. The Labute approximate surface area is 684 Å². The lowest BCUT2D eigenvalue weighted by atomic mass is 9.85. The number of thiazole rings is 2. The standard InChI is InChI=1S/2C36H48N6O7S.C6H10O2.C6H8O2/c2*1-19(2)38-34-40-28(18-50-34)27-16-30(25-8-7-22(14-26(25)39-27)47-10-9-46-6)48-24-15-29(32(37)43)42(17-24)33(44)31(36(3,4)5)41-35(45)49-23-12-20-11-21(20)13-23;2*1-2-4-3-5(4)6(7)8/h2*7-8,14,16,18-21,23-24,29,31H,9-13,15,17H2,1-6H3,(H2,37,43)(H,38,40)(H,41,45);4-5H,2-3H2,1H3,(H,7,8);2,4-5H,1,3H2,(H,7,8)/t2*20-,21+,23?,24-,29+,31-;2*4-,5+/m1111/s1. The van der Waals surface area contributed by atoms with Gasteiger partial charge in [-0.25, -0.2) is 29.5 Å². The monoisotopic (exact) mass is 1640 g/mol. The zero-order chi connectivity index (χ0) is 83.8. The van der Waals surface area contributed by atoms with Crippen LogP contribution in [0.15, 0.2) is 71.9 Å². The molecule has 16 atom stereocenters. The third-order valence-corrected chi connectivity index (χ3v) is 23.8. The van der Waals surface area contributed by atoms with Crippen LogP contribution in [0.5, 0.6) is 23.0 Å². The number of ether oxygens (including phenoxy) is 8. The normalized spacial score (nSPS) is 24.9. The molecule has 6 heterocycles. The molecule has 2 unspecified atom stereocenters. The average Bonchev–Trinajstić information content (AvgIpc) is 1.73. The summed E-state index contributed by atoms with van der Waals surface area (Å²) >= 11 is 2.97. The van der Waals surface area contributed by atoms with Gasteiger partial charge < -0.3 is 90.6 Å². The van der Waals surface area contributed by atoms with E-state index < -0.39 is 95.0 Å². The number of aromatic nitrogens is 4. The largest absolute Gasteiger partial charge is 0.491 e. The van der Waals surface area contributed by atoms with Crippen LogP contribution in [0.4, 0.5) is 19.9 Å². The Morgan fingerprint density at radius 3 is 1.26 bits per heavy atom. The summed E-state index contributed by atoms with van der Waals surface area (Å²) in [6, 6.07) is 11.4. The lowest BCUT2D eigenvalue weighted by Crippen LogP contribution is -2.57. The van der Waals surface area contributed by atoms with Gasteiger partial charge in [0.25, 0.3) is 0 Å². The molecule has 8 fully saturated rings. The van der Waals surface area contributed by atoms with Crippen LogP contribution >= 0.6 is 22.7 Å². The Balaban J connectivity index is 0.000000191. The van der Waals surface area contributed by atoms with Crippen molar-refractivity contribution >= 4 is 102 Å². The molecule has 0 radical (unpaired) electrons. The van der Waals surface area contributed by atoms with Crippen molar-refractivity contribution < 1.29 is 86.5 Å². The Kier molecular flexibility index (Phi) is 28.4. The van der Waals surface area contributed by atoms with Crippen LogP contribution in [-0.4, -0.2) is 202 Å². The highest BCUT2D eigenvalue weighted by Gasteiger charge is 2.52. The summed E-state index contributed by atoms with van der Waals surface area (Å²) in [5, 5.41) is 35.8. The molecule has 6 aliphatic carbocycles. The number of rotatable bonds is 30. The van der Waals surface area contributed by atoms with E-state index in [1.807, 2.05) is 135 Å². The first kappa shape index (κ1) is 87.2. The molecule has 2 aliphatic heterocycles. The lowest BCUT2D eigenvalue weighted by Gasteiger charge is -2.35. The maximum atomic E-state index is 14.2. The molecular weight excluding hydrogens is 1530 g/mol. The van der Waals surface area contributed by atoms with E-state index in [0.717, 1.165) is 66.0 Å². The van der Waals surface area contributed by atoms with E-state index in [-0.39, 0.29) is 68.0 Å². The molecule has 14 rings (SSSR count). The average molecular weight is 1640 g/mol. The third-order valence-electron chi connectivity index (χ3n) is 22.2. The molecule has 6 amide bonds. The number of methoxy groups -OCH3 is 2. The van der Waals surface area contributed by atoms with Crippen molar-refractivity contribution in [3.05, 3.63) is 71.9 Å². The molecule has 4 aromatic heterocycles. The minimum Gasteiger partial charge on any atom is -0.491 e. The zero-order valence-electron chi connectivity index (χ0n) is 68.6. The molecule has 8 aliphatic rings. The summed E-state index contributed by atoms with van der Waals surface area (Å²) in [6.45, 7) is 26.7. The number of primary amides is 2. The molecule has 32 heteroatoms. The number of alkyl carbamates (subject to hydrolysis) is 2. The van der Waals surface area contributed by atoms with Gasteiger partial charge in [0.15, 0.2) is 10.3 Å². The van der Waals surface area contributed by atoms with E-state index >= 15 is 0 Å². The summed E-state index contributed by atoms with van der Waals surface area (Å²) in [6.07, 6.45) is 8.04. The SMILES string of the molecule is C=C[C@@H]1C[C@@H]1C(=O)O.CC[C@@H]1C[C@@H]1C(=O)O.COCCOc1ccc2c(O[C@@H]3C[C@@H](C(N)=O)N(C(=O)[C@@H](NC(=O)OC4C[C@@H]5C[C@@H]5C4)C(C)(C)C)C3)cc(-c3csc(NC(C)C)n3)nc2c1.COCCOc1ccc2c(O[C@@H]3C[C@@H](C(N)=O)N(C(=O)[C@@H](NC(=O)OC4C[C@@H]5C[C@@H]5C4)C(C)(C)C)C3)cc(-c3csc(NC(C)C)n3)nc2c1. The number of aliphatic carboxylic acids is 2. The number of carboxylic acids is 2. The first-order valence-corrected chi connectivity index (χ1v) is 42.0. The highest BCUT2D eigenvalue weighted by molar-refractivity contribution is 7.14. The molecule has 0 bridgehead atoms. The predicted molar refractivity (Wildman–Crippen MR) is 439 cm³/mol. The summed E-state index contributed by atoms with van der Waals surface area (Å²) in [5.41, 5.74) is 14.2. The zero-order valence-corrected chi connectivity index (χ0v) is 70.2. The lowest BCUT2D eigenvalue weighted by molar-refractivity contribution is -0.141. The number of allylic oxidation sites excluding steroid dienone is 1. The van der Waals surface area contributed by atoms with Gasteiger partial charge in [0, 0.05) is 84.9 Å². The number of hydrogen-bond acceptors (Lipinski definition) is 24. The number of carbonyl (C=O) groups excluding carboxylic acids is 6. The van der Waals surface area contributed by atoms with Gasteiger partial charge in [-0.05, 0) is 150 Å². The first-order valence-electron chi connectivity index (χ1n) is 40.2. The highest BCUT2D eigenvalue weighted by Crippen LogP contribution is 2.54. The van der Waals surface area contributed by atoms with Crippen LogP contribution in [0.2, 0.25) is 0 Å². The minimum absolute atomic E-state index is 0.000000000000000222. The highest BCUT2D eigenvalue weighted by atomic mass is 32.1. The van der Waals surface area contributed by atoms with Crippen molar-refractivity contribution in [2.45, 2.75) is 207 Å². The maximum Gasteiger partial charge on any atom is 0.408 e. The number of hydrogen-bond donors (Lipinski definition) is 8. The quantitative estimate of drug-likeness (QED) is 0.0153. The summed E-state index contributed by atoms with van der Waals surface area (Å²) in [7, 11) is 3.23. The van der Waals surface area contributed by atoms with Crippen LogP contribution in [0.1, 0.15) is 147 Å². The summed E-state index contributed by atoms with van der Waals surface area (Å²) < 4.78 is 46.6. The van der Waals surface area contributed by atoms with Crippen LogP contribution in [0, 0.1) is 58.2 Å². The number of nitrogens with zero attached hydrogens (tertiary/aromatic N) is 6. The molecule has 10 N–H and O–H groups in total. The van der Waals surface area contributed by atoms with E-state index in [0.29, 0.717) is 113 Å². The fraction of sp³-hybridized carbons (Fsp3) is 0.595. The summed E-state index contributed by atoms with van der Waals surface area (Å²) in [5.74, 6) is 2.11. The van der Waals surface area contributed by atoms with Crippen LogP contribution in [-0.2, 0) is 47.7 Å². The Morgan fingerprint density at radius 2 is 0.948 bits per heavy atom. The molecular formula is C84H114N12O18S2. The van der Waals surface area contributed by atoms with Gasteiger partial charge in [-0.1, -0.05) is 61.0 Å². The van der Waals surface area contributed by atoms with E-state index in [2.05, 4.69) is 27.8 Å². The van der Waals surface area contributed by atoms with Gasteiger partial charge in [-0.3, -0.25) is 28.8 Å². The summed E-state index contributed by atoms with van der Waals surface area (Å²) in [4.78, 5) is 122. The van der Waals surface area contributed by atoms with Gasteiger partial charge >= 0.3 is 24.1 Å². The third kappa shape index (κ3) is 23.0. The van der Waals surface area contributed by atoms with Gasteiger partial charge in [0.05, 0.1) is 60.6 Å². The topological polar surface area (TPSA) is 409 Å². The van der Waals surface area contributed by atoms with Gasteiger partial charge in [0.2, 0.25) is 23.6 Å². The fourth-order valence-electron chi connectivity index (χ4n) is 15.5. The number of carboxylic acid groups (broad SMARTS) is 2. The van der Waals surface area contributed by atoms with Gasteiger partial charge in [0.1, 0.15) is 96.2 Å². The Morgan fingerprint density at radius 1 is 0.543 bits per heavy atom. The Bertz CT molecular complexity index is 4250. The van der Waals surface area contributed by atoms with Crippen molar-refractivity contribution in [3.8, 4) is 45.8 Å². The van der Waals surface area contributed by atoms with Gasteiger partial charge in [-0.15, -0.1) is 29.3 Å². The fourth-order valence-corrected chi connectivity index (χ4v) is 17.2. The van der Waals surface area contributed by atoms with Crippen molar-refractivity contribution in [1.29, 1.82) is 0 Å². The molecule has 6 saturated carbocycles. The molecule has 0 spiro atoms. The van der Waals surface area contributed by atoms with E-state index in [1.165, 1.54) is 45.3 Å². The maximum absolute atomic E-state index is 14.2. The Hall–Kier alpha value is -9.66. The number of likely N-dealkylation sites (tertiary alicyclic amines) is 2. The van der Waals surface area contributed by atoms with Crippen molar-refractivity contribution in [2.75, 3.05) is 64.4 Å². The minimum atomic E-state index is -0.949. The second kappa shape index (κ2) is 37.7. The van der Waals surface area contributed by atoms with Crippen molar-refractivity contribution in [1.82, 2.24) is 40.4 Å². The molecule has 116 heavy (non-hydrogen) atoms. The van der Waals surface area contributed by atoms with Crippen LogP contribution < -0.4 is 51.7 Å². The smallest absolute Gasteiger partial charge is 0.408 e. The number of nitrogens with two attached hydrogens (primary N) is 2. The second-order valence-corrected chi connectivity index (χ2v) is 36.0. The van der Waals surface area contributed by atoms with E-state index in [1.54, 1.807) is 20.3 Å². The molecule has 630 valence electrons. The number of carbonyl (C=O) groups is 8. The number of anilines is 2. The number of fused-ring (bicyclic) bond motifs is 4. The molecule has 2 saturated heterocycles. The van der Waals surface area contributed by atoms with Gasteiger partial charge in [-0.2, -0.15) is 0 Å². The number of benzene rings is 2. The van der Waals surface area contributed by atoms with Crippen molar-refractivity contribution in [3.63, 3.8) is 0 Å². The molecule has 2 aromatic carbocycles. The van der Waals surface area contributed by atoms with E-state index in [9.17, 15) is 38.4 Å². The van der Waals surface area contributed by atoms with E-state index in [4.69, 9.17) is 79.5 Å². The molecule has 6 aromatic rings. The van der Waals surface area contributed by atoms with Crippen LogP contribution in [0.3, 0.4) is 0 Å². The predicted octanol–water partition coefficient (Wildman–Crippen LogP) is 12.0. The second-order valence-electron chi connectivity index (χ2n) is 34.3. The van der Waals surface area contributed by atoms with Crippen molar-refractivity contribution in [2.24, 2.45) is 69.6 Å². The number of nitrogens with one attached hydrogen (secondary N) is 4. The number of pyridine rings is 2.